The van der Waals surface area contributed by atoms with Crippen molar-refractivity contribution in [3.63, 3.8) is 0 Å². The second-order valence-electron chi connectivity index (χ2n) is 4.53. The molecule has 0 atom stereocenters. The van der Waals surface area contributed by atoms with Crippen LogP contribution in [-0.2, 0) is 8.85 Å². The predicted molar refractivity (Wildman–Crippen MR) is 66.3 cm³/mol. The molecule has 1 aliphatic carbocycles. The molecule has 0 aromatic carbocycles. The lowest BCUT2D eigenvalue weighted by Gasteiger charge is -2.30. The highest BCUT2D eigenvalue weighted by Crippen LogP contribution is 2.39. The van der Waals surface area contributed by atoms with Crippen molar-refractivity contribution in [3.8, 4) is 0 Å². The molecule has 0 aliphatic heterocycles. The first-order valence-corrected chi connectivity index (χ1v) is 8.77. The Balaban J connectivity index is 2.49. The van der Waals surface area contributed by atoms with Crippen LogP contribution in [0.5, 0.6) is 0 Å². The van der Waals surface area contributed by atoms with Crippen molar-refractivity contribution in [3.05, 3.63) is 0 Å². The standard InChI is InChI=1S/C12H26O2Si/c1-4-7-10-15(13-5-2,14-6-3)11-12-8-9-12/h12H,4-11H2,1-3H3. The van der Waals surface area contributed by atoms with Crippen LogP contribution >= 0.6 is 0 Å². The van der Waals surface area contributed by atoms with Gasteiger partial charge in [0.05, 0.1) is 0 Å². The van der Waals surface area contributed by atoms with Crippen LogP contribution in [0.25, 0.3) is 0 Å². The largest absolute Gasteiger partial charge is 0.394 e. The summed E-state index contributed by atoms with van der Waals surface area (Å²) in [7, 11) is -1.82. The molecule has 0 saturated heterocycles. The van der Waals surface area contributed by atoms with Crippen LogP contribution in [-0.4, -0.2) is 21.8 Å². The van der Waals surface area contributed by atoms with E-state index in [4.69, 9.17) is 8.85 Å². The maximum Gasteiger partial charge on any atom is 0.338 e. The van der Waals surface area contributed by atoms with Gasteiger partial charge in [0.25, 0.3) is 0 Å². The summed E-state index contributed by atoms with van der Waals surface area (Å²) in [6.45, 7) is 8.08. The van der Waals surface area contributed by atoms with Crippen molar-refractivity contribution in [1.29, 1.82) is 0 Å². The van der Waals surface area contributed by atoms with E-state index in [0.29, 0.717) is 0 Å². The number of rotatable bonds is 9. The van der Waals surface area contributed by atoms with E-state index in [9.17, 15) is 0 Å². The van der Waals surface area contributed by atoms with Crippen molar-refractivity contribution in [1.82, 2.24) is 0 Å². The predicted octanol–water partition coefficient (Wildman–Crippen LogP) is 3.71. The minimum atomic E-state index is -1.82. The average molecular weight is 230 g/mol. The fraction of sp³-hybridized carbons (Fsp3) is 1.00. The van der Waals surface area contributed by atoms with E-state index in [0.717, 1.165) is 19.1 Å². The Morgan fingerprint density at radius 1 is 1.07 bits per heavy atom. The normalized spacial score (nSPS) is 17.0. The quantitative estimate of drug-likeness (QED) is 0.562. The van der Waals surface area contributed by atoms with E-state index in [1.807, 2.05) is 0 Å². The monoisotopic (exact) mass is 230 g/mol. The molecule has 0 unspecified atom stereocenters. The Hall–Kier alpha value is 0.137. The fourth-order valence-electron chi connectivity index (χ4n) is 2.14. The Morgan fingerprint density at radius 3 is 2.07 bits per heavy atom. The lowest BCUT2D eigenvalue weighted by Crippen LogP contribution is -2.42. The van der Waals surface area contributed by atoms with Gasteiger partial charge in [0.1, 0.15) is 0 Å². The van der Waals surface area contributed by atoms with Gasteiger partial charge < -0.3 is 8.85 Å². The van der Waals surface area contributed by atoms with Gasteiger partial charge in [0, 0.05) is 13.2 Å². The topological polar surface area (TPSA) is 18.5 Å². The Kier molecular flexibility index (Phi) is 5.86. The zero-order valence-corrected chi connectivity index (χ0v) is 11.6. The zero-order chi connectivity index (χ0) is 11.1. The van der Waals surface area contributed by atoms with Crippen molar-refractivity contribution < 1.29 is 8.85 Å². The molecule has 1 saturated carbocycles. The Labute approximate surface area is 95.6 Å². The summed E-state index contributed by atoms with van der Waals surface area (Å²) >= 11 is 0. The van der Waals surface area contributed by atoms with Crippen LogP contribution in [0.2, 0.25) is 12.1 Å². The summed E-state index contributed by atoms with van der Waals surface area (Å²) in [6.07, 6.45) is 5.32. The highest BCUT2D eigenvalue weighted by atomic mass is 28.4. The Bertz CT molecular complexity index is 163. The molecule has 0 aromatic heterocycles. The van der Waals surface area contributed by atoms with Crippen LogP contribution in [0, 0.1) is 5.92 Å². The maximum atomic E-state index is 6.04. The van der Waals surface area contributed by atoms with E-state index in [1.165, 1.54) is 37.8 Å². The van der Waals surface area contributed by atoms with E-state index < -0.39 is 8.56 Å². The molecule has 0 spiro atoms. The second kappa shape index (κ2) is 6.66. The van der Waals surface area contributed by atoms with E-state index >= 15 is 0 Å². The highest BCUT2D eigenvalue weighted by Gasteiger charge is 2.41. The molecule has 0 N–H and O–H groups in total. The van der Waals surface area contributed by atoms with Crippen molar-refractivity contribution in [2.24, 2.45) is 5.92 Å². The van der Waals surface area contributed by atoms with Gasteiger partial charge in [-0.2, -0.15) is 0 Å². The molecule has 0 bridgehead atoms. The van der Waals surface area contributed by atoms with Crippen LogP contribution < -0.4 is 0 Å². The van der Waals surface area contributed by atoms with E-state index in [2.05, 4.69) is 20.8 Å². The minimum absolute atomic E-state index is 0.822. The van der Waals surface area contributed by atoms with Gasteiger partial charge in [-0.1, -0.05) is 32.6 Å². The van der Waals surface area contributed by atoms with Gasteiger partial charge in [-0.3, -0.25) is 0 Å². The summed E-state index contributed by atoms with van der Waals surface area (Å²) in [6, 6.07) is 2.44. The van der Waals surface area contributed by atoms with Gasteiger partial charge in [-0.25, -0.2) is 0 Å². The average Bonchev–Trinajstić information content (AvgIpc) is 2.99. The molecule has 2 nitrogen and oxygen atoms in total. The molecule has 3 heteroatoms. The first-order valence-electron chi connectivity index (χ1n) is 6.54. The SMILES string of the molecule is CCCC[Si](CC1CC1)(OCC)OCC. The smallest absolute Gasteiger partial charge is 0.338 e. The summed E-state index contributed by atoms with van der Waals surface area (Å²) in [4.78, 5) is 0. The van der Waals surface area contributed by atoms with E-state index in [-0.39, 0.29) is 0 Å². The Morgan fingerprint density at radius 2 is 1.67 bits per heavy atom. The number of unbranched alkanes of at least 4 members (excludes halogenated alkanes) is 1. The summed E-state index contributed by atoms with van der Waals surface area (Å²) in [5.74, 6) is 0.923. The van der Waals surface area contributed by atoms with E-state index in [1.54, 1.807) is 0 Å². The zero-order valence-electron chi connectivity index (χ0n) is 10.6. The highest BCUT2D eigenvalue weighted by molar-refractivity contribution is 6.67. The summed E-state index contributed by atoms with van der Waals surface area (Å²) < 4.78 is 12.1. The third kappa shape index (κ3) is 4.66. The van der Waals surface area contributed by atoms with Crippen LogP contribution in [0.1, 0.15) is 46.5 Å². The minimum Gasteiger partial charge on any atom is -0.394 e. The van der Waals surface area contributed by atoms with Gasteiger partial charge in [-0.05, 0) is 31.9 Å². The van der Waals surface area contributed by atoms with Crippen molar-refractivity contribution in [2.45, 2.75) is 58.5 Å². The second-order valence-corrected chi connectivity index (χ2v) is 7.83. The molecule has 0 amide bonds. The lowest BCUT2D eigenvalue weighted by atomic mass is 10.4. The first-order chi connectivity index (χ1) is 7.26. The molecule has 0 radical (unpaired) electrons. The third-order valence-electron chi connectivity index (χ3n) is 3.02. The fourth-order valence-corrected chi connectivity index (χ4v) is 6.18. The summed E-state index contributed by atoms with van der Waals surface area (Å²) in [5.41, 5.74) is 0. The molecular formula is C12H26O2Si. The summed E-state index contributed by atoms with van der Waals surface area (Å²) in [5, 5.41) is 0. The molecule has 1 rings (SSSR count). The van der Waals surface area contributed by atoms with Crippen LogP contribution in [0.4, 0.5) is 0 Å². The third-order valence-corrected chi connectivity index (χ3v) is 6.97. The lowest BCUT2D eigenvalue weighted by molar-refractivity contribution is 0.180. The number of hydrogen-bond acceptors (Lipinski definition) is 2. The molecule has 1 fully saturated rings. The van der Waals surface area contributed by atoms with Gasteiger partial charge in [-0.15, -0.1) is 0 Å². The molecule has 90 valence electrons. The van der Waals surface area contributed by atoms with Crippen LogP contribution in [0.15, 0.2) is 0 Å². The van der Waals surface area contributed by atoms with Gasteiger partial charge >= 0.3 is 8.56 Å². The molecule has 0 heterocycles. The van der Waals surface area contributed by atoms with Gasteiger partial charge in [0.15, 0.2) is 0 Å². The molecular weight excluding hydrogens is 204 g/mol. The van der Waals surface area contributed by atoms with Crippen LogP contribution in [0.3, 0.4) is 0 Å². The molecule has 15 heavy (non-hydrogen) atoms. The first kappa shape index (κ1) is 13.2. The maximum absolute atomic E-state index is 6.04. The number of hydrogen-bond donors (Lipinski definition) is 0. The molecule has 1 aliphatic rings. The van der Waals surface area contributed by atoms with Gasteiger partial charge in [0.2, 0.25) is 0 Å². The molecule has 0 aromatic rings. The van der Waals surface area contributed by atoms with Crippen molar-refractivity contribution in [2.75, 3.05) is 13.2 Å². The van der Waals surface area contributed by atoms with Crippen molar-refractivity contribution >= 4 is 8.56 Å².